The van der Waals surface area contributed by atoms with Crippen molar-refractivity contribution in [3.8, 4) is 11.6 Å². The third-order valence-corrected chi connectivity index (χ3v) is 5.19. The molecule has 0 aliphatic rings. The zero-order chi connectivity index (χ0) is 24.2. The van der Waals surface area contributed by atoms with Crippen molar-refractivity contribution in [1.82, 2.24) is 19.1 Å². The van der Waals surface area contributed by atoms with Crippen molar-refractivity contribution < 1.29 is 22.6 Å². The Morgan fingerprint density at radius 1 is 0.971 bits per heavy atom. The van der Waals surface area contributed by atoms with Crippen LogP contribution < -0.4 is 20.9 Å². The maximum atomic E-state index is 14.1. The summed E-state index contributed by atoms with van der Waals surface area (Å²) in [5.41, 5.74) is 6.68. The first-order valence-corrected chi connectivity index (χ1v) is 10.4. The molecule has 1 atom stereocenters. The van der Waals surface area contributed by atoms with E-state index in [9.17, 15) is 18.0 Å². The monoisotopic (exact) mass is 473 g/mol. The maximum absolute atomic E-state index is 14.1. The number of fused-ring (bicyclic) bond motifs is 1. The van der Waals surface area contributed by atoms with Gasteiger partial charge in [0.1, 0.15) is 12.4 Å². The van der Waals surface area contributed by atoms with Gasteiger partial charge in [0.2, 0.25) is 11.8 Å². The number of hydrogen-bond donors (Lipinski definition) is 1. The third kappa shape index (κ3) is 4.82. The summed E-state index contributed by atoms with van der Waals surface area (Å²) in [5.74, 6) is 0.346. The molecule has 0 aliphatic heterocycles. The SMILES string of the molecule is COc1ccc(Cn2c(=O)n(CC(F)C(F)F)c3c(OCc4ccccc4)nc(N)nc32)cc1. The number of benzene rings is 2. The van der Waals surface area contributed by atoms with Gasteiger partial charge in [-0.2, -0.15) is 9.97 Å². The average Bonchev–Trinajstić information content (AvgIpc) is 3.09. The minimum atomic E-state index is -3.27. The lowest BCUT2D eigenvalue weighted by atomic mass is 10.2. The van der Waals surface area contributed by atoms with Crippen LogP contribution in [0.5, 0.6) is 11.6 Å². The number of alkyl halides is 3. The first-order valence-electron chi connectivity index (χ1n) is 10.4. The van der Waals surface area contributed by atoms with Gasteiger partial charge in [0.15, 0.2) is 17.3 Å². The lowest BCUT2D eigenvalue weighted by Gasteiger charge is -2.11. The Morgan fingerprint density at radius 2 is 1.68 bits per heavy atom. The quantitative estimate of drug-likeness (QED) is 0.400. The van der Waals surface area contributed by atoms with Gasteiger partial charge in [-0.1, -0.05) is 42.5 Å². The van der Waals surface area contributed by atoms with Crippen LogP contribution in [0.2, 0.25) is 0 Å². The number of hydrogen-bond acceptors (Lipinski definition) is 6. The highest BCUT2D eigenvalue weighted by atomic mass is 19.3. The fourth-order valence-electron chi connectivity index (χ4n) is 3.50. The number of nitrogens with zero attached hydrogens (tertiary/aromatic N) is 4. The lowest BCUT2D eigenvalue weighted by molar-refractivity contribution is 0.0406. The Morgan fingerprint density at radius 3 is 2.32 bits per heavy atom. The number of anilines is 1. The fraction of sp³-hybridized carbons (Fsp3) is 0.261. The van der Waals surface area contributed by atoms with E-state index in [2.05, 4.69) is 9.97 Å². The molecular formula is C23H22F3N5O3. The Kier molecular flexibility index (Phi) is 6.71. The van der Waals surface area contributed by atoms with E-state index >= 15 is 0 Å². The molecule has 2 aromatic heterocycles. The molecule has 0 saturated heterocycles. The fourth-order valence-corrected chi connectivity index (χ4v) is 3.50. The normalized spacial score (nSPS) is 12.3. The molecular weight excluding hydrogens is 451 g/mol. The van der Waals surface area contributed by atoms with E-state index in [0.717, 1.165) is 10.1 Å². The number of nitrogens with two attached hydrogens (primary N) is 1. The summed E-state index contributed by atoms with van der Waals surface area (Å²) in [6, 6.07) is 16.0. The van der Waals surface area contributed by atoms with Crippen LogP contribution in [-0.4, -0.2) is 38.8 Å². The first-order chi connectivity index (χ1) is 16.4. The Balaban J connectivity index is 1.81. The number of rotatable bonds is 9. The van der Waals surface area contributed by atoms with Gasteiger partial charge < -0.3 is 15.2 Å². The van der Waals surface area contributed by atoms with E-state index in [1.165, 1.54) is 11.7 Å². The molecule has 0 saturated carbocycles. The molecule has 0 spiro atoms. The second-order valence-corrected chi connectivity index (χ2v) is 7.51. The van der Waals surface area contributed by atoms with E-state index in [-0.39, 0.29) is 36.1 Å². The van der Waals surface area contributed by atoms with Crippen LogP contribution in [0.25, 0.3) is 11.2 Å². The molecule has 2 aromatic carbocycles. The Hall–Kier alpha value is -4.02. The standard InChI is InChI=1S/C23H22F3N5O3/c1-33-16-9-7-14(8-10-16)11-31-20-18(30(23(31)32)12-17(24)19(25)26)21(29-22(27)28-20)34-13-15-5-3-2-4-6-15/h2-10,17,19H,11-13H2,1H3,(H2,27,28,29). The van der Waals surface area contributed by atoms with Crippen molar-refractivity contribution in [3.05, 3.63) is 76.2 Å². The van der Waals surface area contributed by atoms with E-state index in [1.807, 2.05) is 30.3 Å². The number of methoxy groups -OCH3 is 1. The van der Waals surface area contributed by atoms with Gasteiger partial charge in [-0.25, -0.2) is 18.0 Å². The predicted molar refractivity (Wildman–Crippen MR) is 120 cm³/mol. The van der Waals surface area contributed by atoms with Crippen molar-refractivity contribution >= 4 is 17.1 Å². The summed E-state index contributed by atoms with van der Waals surface area (Å²) in [7, 11) is 1.53. The molecule has 0 fully saturated rings. The van der Waals surface area contributed by atoms with Crippen molar-refractivity contribution in [2.45, 2.75) is 32.3 Å². The van der Waals surface area contributed by atoms with Crippen molar-refractivity contribution in [1.29, 1.82) is 0 Å². The van der Waals surface area contributed by atoms with Gasteiger partial charge in [0, 0.05) is 0 Å². The molecule has 2 N–H and O–H groups in total. The van der Waals surface area contributed by atoms with Crippen LogP contribution in [0.15, 0.2) is 59.4 Å². The summed E-state index contributed by atoms with van der Waals surface area (Å²) in [6.07, 6.45) is -5.84. The smallest absolute Gasteiger partial charge is 0.330 e. The van der Waals surface area contributed by atoms with Gasteiger partial charge in [0.05, 0.1) is 20.2 Å². The number of halogens is 3. The van der Waals surface area contributed by atoms with Gasteiger partial charge in [0.25, 0.3) is 6.43 Å². The molecule has 34 heavy (non-hydrogen) atoms. The minimum Gasteiger partial charge on any atom is -0.497 e. The Labute approximate surface area is 192 Å². The summed E-state index contributed by atoms with van der Waals surface area (Å²) in [5, 5.41) is 0. The summed E-state index contributed by atoms with van der Waals surface area (Å²) >= 11 is 0. The molecule has 178 valence electrons. The summed E-state index contributed by atoms with van der Waals surface area (Å²) in [4.78, 5) is 21.4. The Bertz CT molecular complexity index is 1320. The van der Waals surface area contributed by atoms with Crippen LogP contribution in [0, 0.1) is 0 Å². The van der Waals surface area contributed by atoms with Crippen LogP contribution >= 0.6 is 0 Å². The molecule has 0 radical (unpaired) electrons. The zero-order valence-corrected chi connectivity index (χ0v) is 18.2. The van der Waals surface area contributed by atoms with Crippen molar-refractivity contribution in [3.63, 3.8) is 0 Å². The third-order valence-electron chi connectivity index (χ3n) is 5.19. The lowest BCUT2D eigenvalue weighted by Crippen LogP contribution is -2.30. The van der Waals surface area contributed by atoms with E-state index in [4.69, 9.17) is 15.2 Å². The second kappa shape index (κ2) is 9.86. The minimum absolute atomic E-state index is 0.00746. The van der Waals surface area contributed by atoms with Crippen LogP contribution in [-0.2, 0) is 19.7 Å². The van der Waals surface area contributed by atoms with Crippen molar-refractivity contribution in [2.24, 2.45) is 0 Å². The van der Waals surface area contributed by atoms with Crippen LogP contribution in [0.4, 0.5) is 19.1 Å². The molecule has 0 amide bonds. The molecule has 2 heterocycles. The largest absolute Gasteiger partial charge is 0.497 e. The number of ether oxygens (including phenoxy) is 2. The highest BCUT2D eigenvalue weighted by molar-refractivity contribution is 5.78. The van der Waals surface area contributed by atoms with Gasteiger partial charge in [-0.15, -0.1) is 0 Å². The number of aromatic nitrogens is 4. The topological polar surface area (TPSA) is 97.2 Å². The molecule has 8 nitrogen and oxygen atoms in total. The predicted octanol–water partition coefficient (Wildman–Crippen LogP) is 3.41. The van der Waals surface area contributed by atoms with E-state index < -0.39 is 24.8 Å². The zero-order valence-electron chi connectivity index (χ0n) is 18.2. The summed E-state index contributed by atoms with van der Waals surface area (Å²) < 4.78 is 53.1. The van der Waals surface area contributed by atoms with Gasteiger partial charge in [-0.05, 0) is 23.3 Å². The highest BCUT2D eigenvalue weighted by Gasteiger charge is 2.27. The van der Waals surface area contributed by atoms with E-state index in [1.54, 1.807) is 24.3 Å². The van der Waals surface area contributed by atoms with E-state index in [0.29, 0.717) is 11.3 Å². The first kappa shape index (κ1) is 23.1. The number of nitrogen functional groups attached to an aromatic ring is 1. The maximum Gasteiger partial charge on any atom is 0.330 e. The van der Waals surface area contributed by atoms with Crippen LogP contribution in [0.1, 0.15) is 11.1 Å². The summed E-state index contributed by atoms with van der Waals surface area (Å²) in [6.45, 7) is -0.789. The molecule has 0 aliphatic carbocycles. The molecule has 4 aromatic rings. The molecule has 4 rings (SSSR count). The average molecular weight is 473 g/mol. The number of imidazole rings is 1. The molecule has 0 bridgehead atoms. The second-order valence-electron chi connectivity index (χ2n) is 7.51. The molecule has 11 heteroatoms. The van der Waals surface area contributed by atoms with Crippen LogP contribution in [0.3, 0.4) is 0 Å². The van der Waals surface area contributed by atoms with Gasteiger partial charge >= 0.3 is 5.69 Å². The molecule has 1 unspecified atom stereocenters. The highest BCUT2D eigenvalue weighted by Crippen LogP contribution is 2.26. The van der Waals surface area contributed by atoms with Crippen molar-refractivity contribution in [2.75, 3.05) is 12.8 Å². The van der Waals surface area contributed by atoms with Gasteiger partial charge in [-0.3, -0.25) is 9.13 Å².